The van der Waals surface area contributed by atoms with E-state index in [2.05, 4.69) is 10.4 Å². The van der Waals surface area contributed by atoms with Crippen LogP contribution in [0.1, 0.15) is 31.4 Å². The van der Waals surface area contributed by atoms with Gasteiger partial charge in [0.15, 0.2) is 0 Å². The average molecular weight is 242 g/mol. The maximum Gasteiger partial charge on any atom is 0.150 e. The molecular weight excluding hydrogens is 224 g/mol. The molecule has 2 nitrogen and oxygen atoms in total. The molecule has 0 spiro atoms. The monoisotopic (exact) mass is 242 g/mol. The maximum atomic E-state index is 6.19. The van der Waals surface area contributed by atoms with Crippen LogP contribution in [0.2, 0.25) is 0 Å². The van der Waals surface area contributed by atoms with Crippen LogP contribution in [0.15, 0.2) is 9.72 Å². The van der Waals surface area contributed by atoms with Gasteiger partial charge >= 0.3 is 0 Å². The van der Waals surface area contributed by atoms with Gasteiger partial charge in [0.2, 0.25) is 0 Å². The second-order valence-corrected chi connectivity index (χ2v) is 6.40. The number of hydrogen-bond acceptors (Lipinski definition) is 4. The summed E-state index contributed by atoms with van der Waals surface area (Å²) in [6.45, 7) is 2.04. The third kappa shape index (κ3) is 3.20. The normalized spacial score (nSPS) is 19.6. The Kier molecular flexibility index (Phi) is 4.05. The summed E-state index contributed by atoms with van der Waals surface area (Å²) in [7, 11) is 0. The summed E-state index contributed by atoms with van der Waals surface area (Å²) < 4.78 is 1.17. The fraction of sp³-hybridized carbons (Fsp3) is 0.727. The molecule has 1 aromatic rings. The summed E-state index contributed by atoms with van der Waals surface area (Å²) in [5, 5.41) is 2.10. The first-order valence-corrected chi connectivity index (χ1v) is 7.43. The van der Waals surface area contributed by atoms with Gasteiger partial charge in [0.05, 0.1) is 0 Å². The van der Waals surface area contributed by atoms with E-state index in [0.29, 0.717) is 6.04 Å². The Labute approximate surface area is 99.7 Å². The zero-order chi connectivity index (χ0) is 10.7. The first-order valence-electron chi connectivity index (χ1n) is 5.56. The lowest BCUT2D eigenvalue weighted by Gasteiger charge is -2.17. The highest BCUT2D eigenvalue weighted by Crippen LogP contribution is 2.30. The molecule has 1 aliphatic carbocycles. The predicted octanol–water partition coefficient (Wildman–Crippen LogP) is 3.06. The average Bonchev–Trinajstić information content (AvgIpc) is 2.84. The zero-order valence-electron chi connectivity index (χ0n) is 9.11. The SMILES string of the molecule is Cc1csc(SCC(N)C2CCCC2)n1. The molecule has 4 heteroatoms. The topological polar surface area (TPSA) is 38.9 Å². The third-order valence-electron chi connectivity index (χ3n) is 3.00. The van der Waals surface area contributed by atoms with E-state index in [-0.39, 0.29) is 0 Å². The third-order valence-corrected chi connectivity index (χ3v) is 5.29. The summed E-state index contributed by atoms with van der Waals surface area (Å²) in [6.07, 6.45) is 5.41. The van der Waals surface area contributed by atoms with Gasteiger partial charge in [-0.05, 0) is 25.7 Å². The number of thiazole rings is 1. The Bertz CT molecular complexity index is 305. The van der Waals surface area contributed by atoms with Gasteiger partial charge in [-0.25, -0.2) is 4.98 Å². The van der Waals surface area contributed by atoms with E-state index in [1.54, 1.807) is 11.3 Å². The van der Waals surface area contributed by atoms with Crippen molar-refractivity contribution in [1.29, 1.82) is 0 Å². The molecule has 1 heterocycles. The molecule has 15 heavy (non-hydrogen) atoms. The molecule has 0 amide bonds. The molecule has 0 radical (unpaired) electrons. The van der Waals surface area contributed by atoms with Crippen LogP contribution in [0.25, 0.3) is 0 Å². The van der Waals surface area contributed by atoms with Crippen molar-refractivity contribution in [1.82, 2.24) is 4.98 Å². The van der Waals surface area contributed by atoms with Gasteiger partial charge in [0, 0.05) is 22.9 Å². The molecule has 0 aliphatic heterocycles. The number of aromatic nitrogens is 1. The van der Waals surface area contributed by atoms with Gasteiger partial charge in [0.25, 0.3) is 0 Å². The van der Waals surface area contributed by atoms with E-state index in [1.807, 2.05) is 18.7 Å². The minimum absolute atomic E-state index is 0.363. The van der Waals surface area contributed by atoms with Gasteiger partial charge in [-0.1, -0.05) is 24.6 Å². The number of nitrogens with zero attached hydrogens (tertiary/aromatic N) is 1. The minimum atomic E-state index is 0.363. The van der Waals surface area contributed by atoms with Crippen LogP contribution < -0.4 is 5.73 Å². The van der Waals surface area contributed by atoms with Gasteiger partial charge in [-0.3, -0.25) is 0 Å². The van der Waals surface area contributed by atoms with Crippen LogP contribution >= 0.6 is 23.1 Å². The summed E-state index contributed by atoms with van der Waals surface area (Å²) in [5.74, 6) is 1.79. The van der Waals surface area contributed by atoms with E-state index >= 15 is 0 Å². The van der Waals surface area contributed by atoms with Crippen molar-refractivity contribution < 1.29 is 0 Å². The Hall–Kier alpha value is -0.0600. The van der Waals surface area contributed by atoms with Crippen molar-refractivity contribution in [3.63, 3.8) is 0 Å². The van der Waals surface area contributed by atoms with Gasteiger partial charge in [-0.15, -0.1) is 11.3 Å². The predicted molar refractivity (Wildman–Crippen MR) is 67.5 cm³/mol. The Balaban J connectivity index is 1.77. The van der Waals surface area contributed by atoms with Crippen LogP contribution in [0.4, 0.5) is 0 Å². The second-order valence-electron chi connectivity index (χ2n) is 4.27. The summed E-state index contributed by atoms with van der Waals surface area (Å²) in [5.41, 5.74) is 7.31. The Morgan fingerprint density at radius 1 is 1.60 bits per heavy atom. The molecule has 1 aromatic heterocycles. The number of rotatable bonds is 4. The number of thioether (sulfide) groups is 1. The fourth-order valence-corrected chi connectivity index (χ4v) is 4.04. The molecular formula is C11H18N2S2. The summed E-state index contributed by atoms with van der Waals surface area (Å²) >= 11 is 3.55. The first kappa shape index (κ1) is 11.4. The smallest absolute Gasteiger partial charge is 0.150 e. The van der Waals surface area contributed by atoms with Crippen molar-refractivity contribution in [2.75, 3.05) is 5.75 Å². The lowest BCUT2D eigenvalue weighted by atomic mass is 10.0. The van der Waals surface area contributed by atoms with E-state index in [9.17, 15) is 0 Å². The van der Waals surface area contributed by atoms with E-state index in [1.165, 1.54) is 30.0 Å². The van der Waals surface area contributed by atoms with E-state index < -0.39 is 0 Å². The molecule has 2 rings (SSSR count). The quantitative estimate of drug-likeness (QED) is 0.825. The van der Waals surface area contributed by atoms with E-state index in [4.69, 9.17) is 5.73 Å². The van der Waals surface area contributed by atoms with Crippen LogP contribution in [-0.2, 0) is 0 Å². The minimum Gasteiger partial charge on any atom is -0.327 e. The summed E-state index contributed by atoms with van der Waals surface area (Å²) in [4.78, 5) is 4.44. The van der Waals surface area contributed by atoms with Crippen molar-refractivity contribution in [2.24, 2.45) is 11.7 Å². The molecule has 84 valence electrons. The highest BCUT2D eigenvalue weighted by atomic mass is 32.2. The molecule has 1 saturated carbocycles. The van der Waals surface area contributed by atoms with Crippen LogP contribution in [-0.4, -0.2) is 16.8 Å². The Morgan fingerprint density at radius 2 is 2.33 bits per heavy atom. The molecule has 0 saturated heterocycles. The Morgan fingerprint density at radius 3 is 2.93 bits per heavy atom. The molecule has 1 aliphatic rings. The number of nitrogens with two attached hydrogens (primary N) is 1. The summed E-state index contributed by atoms with van der Waals surface area (Å²) in [6, 6.07) is 0.363. The van der Waals surface area contributed by atoms with Gasteiger partial charge < -0.3 is 5.73 Å². The fourth-order valence-electron chi connectivity index (χ4n) is 2.09. The highest BCUT2D eigenvalue weighted by Gasteiger charge is 2.22. The first-order chi connectivity index (χ1) is 7.25. The van der Waals surface area contributed by atoms with Crippen molar-refractivity contribution in [3.05, 3.63) is 11.1 Å². The second kappa shape index (κ2) is 5.32. The van der Waals surface area contributed by atoms with Crippen LogP contribution in [0, 0.1) is 12.8 Å². The number of aryl methyl sites for hydroxylation is 1. The molecule has 2 N–H and O–H groups in total. The van der Waals surface area contributed by atoms with Gasteiger partial charge in [-0.2, -0.15) is 0 Å². The van der Waals surface area contributed by atoms with Crippen LogP contribution in [0.3, 0.4) is 0 Å². The zero-order valence-corrected chi connectivity index (χ0v) is 10.7. The maximum absolute atomic E-state index is 6.19. The van der Waals surface area contributed by atoms with Crippen molar-refractivity contribution in [3.8, 4) is 0 Å². The van der Waals surface area contributed by atoms with E-state index in [0.717, 1.165) is 17.4 Å². The van der Waals surface area contributed by atoms with Crippen molar-refractivity contribution in [2.45, 2.75) is 43.0 Å². The largest absolute Gasteiger partial charge is 0.327 e. The molecule has 0 aromatic carbocycles. The van der Waals surface area contributed by atoms with Gasteiger partial charge in [0.1, 0.15) is 4.34 Å². The van der Waals surface area contributed by atoms with Crippen LogP contribution in [0.5, 0.6) is 0 Å². The van der Waals surface area contributed by atoms with Crippen molar-refractivity contribution >= 4 is 23.1 Å². The molecule has 1 unspecified atom stereocenters. The lowest BCUT2D eigenvalue weighted by Crippen LogP contribution is -2.30. The number of hydrogen-bond donors (Lipinski definition) is 1. The molecule has 1 fully saturated rings. The lowest BCUT2D eigenvalue weighted by molar-refractivity contribution is 0.463. The molecule has 1 atom stereocenters. The molecule has 0 bridgehead atoms. The highest BCUT2D eigenvalue weighted by molar-refractivity contribution is 8.01. The standard InChI is InChI=1S/C11H18N2S2/c1-8-6-14-11(13-8)15-7-10(12)9-4-2-3-5-9/h6,9-10H,2-5,7,12H2,1H3.